The molecule has 0 aliphatic heterocycles. The van der Waals surface area contributed by atoms with E-state index in [1.807, 2.05) is 0 Å². The molecular formula is C12H9ClO4. The highest BCUT2D eigenvalue weighted by molar-refractivity contribution is 6.32. The van der Waals surface area contributed by atoms with Crippen LogP contribution in [0, 0.1) is 0 Å². The Balaban J connectivity index is 2.70. The van der Waals surface area contributed by atoms with E-state index in [0.29, 0.717) is 11.0 Å². The average molecular weight is 253 g/mol. The lowest BCUT2D eigenvalue weighted by Crippen LogP contribution is -2.10. The van der Waals surface area contributed by atoms with E-state index < -0.39 is 11.6 Å². The summed E-state index contributed by atoms with van der Waals surface area (Å²) >= 11 is 5.79. The van der Waals surface area contributed by atoms with Crippen molar-refractivity contribution in [3.63, 3.8) is 0 Å². The molecule has 2 rings (SSSR count). The molecule has 0 bridgehead atoms. The monoisotopic (exact) mass is 252 g/mol. The molecule has 0 aliphatic rings. The van der Waals surface area contributed by atoms with Crippen LogP contribution in [0.1, 0.15) is 13.3 Å². The number of para-hydroxylation sites is 1. The van der Waals surface area contributed by atoms with Gasteiger partial charge in [0, 0.05) is 6.42 Å². The van der Waals surface area contributed by atoms with Crippen LogP contribution < -0.4 is 10.4 Å². The minimum Gasteiger partial charge on any atom is -0.424 e. The quantitative estimate of drug-likeness (QED) is 0.609. The van der Waals surface area contributed by atoms with Crippen LogP contribution in [0.5, 0.6) is 5.75 Å². The third-order valence-corrected chi connectivity index (χ3v) is 2.54. The summed E-state index contributed by atoms with van der Waals surface area (Å²) in [6, 6.07) is 6.73. The van der Waals surface area contributed by atoms with Crippen LogP contribution in [0.3, 0.4) is 0 Å². The first-order valence-corrected chi connectivity index (χ1v) is 5.43. The molecule has 5 heteroatoms. The van der Waals surface area contributed by atoms with Crippen LogP contribution in [-0.4, -0.2) is 5.97 Å². The van der Waals surface area contributed by atoms with E-state index in [4.69, 9.17) is 20.8 Å². The minimum atomic E-state index is -0.718. The number of hydrogen-bond donors (Lipinski definition) is 0. The number of benzene rings is 1. The highest BCUT2D eigenvalue weighted by Gasteiger charge is 2.16. The molecule has 17 heavy (non-hydrogen) atoms. The van der Waals surface area contributed by atoms with Crippen molar-refractivity contribution in [3.05, 3.63) is 39.7 Å². The Labute approximate surface area is 102 Å². The predicted molar refractivity (Wildman–Crippen MR) is 63.4 cm³/mol. The van der Waals surface area contributed by atoms with Crippen LogP contribution in [0.25, 0.3) is 11.0 Å². The molecule has 0 fully saturated rings. The Kier molecular flexibility index (Phi) is 3.15. The second-order valence-corrected chi connectivity index (χ2v) is 3.73. The zero-order valence-electron chi connectivity index (χ0n) is 9.03. The molecule has 0 amide bonds. The second-order valence-electron chi connectivity index (χ2n) is 3.36. The number of carbonyl (C=O) groups is 1. The molecule has 0 saturated heterocycles. The number of ether oxygens (including phenoxy) is 1. The van der Waals surface area contributed by atoms with Crippen molar-refractivity contribution in [3.8, 4) is 5.75 Å². The lowest BCUT2D eigenvalue weighted by molar-refractivity contribution is -0.133. The maximum Gasteiger partial charge on any atom is 0.359 e. The molecular weight excluding hydrogens is 244 g/mol. The fraction of sp³-hybridized carbons (Fsp3) is 0.167. The molecule has 0 spiro atoms. The zero-order chi connectivity index (χ0) is 12.4. The molecule has 4 nitrogen and oxygen atoms in total. The van der Waals surface area contributed by atoms with Crippen LogP contribution in [-0.2, 0) is 4.79 Å². The van der Waals surface area contributed by atoms with Gasteiger partial charge in [-0.15, -0.1) is 0 Å². The number of esters is 1. The summed E-state index contributed by atoms with van der Waals surface area (Å²) in [5, 5.41) is 0.282. The lowest BCUT2D eigenvalue weighted by atomic mass is 10.2. The van der Waals surface area contributed by atoms with Crippen molar-refractivity contribution in [2.45, 2.75) is 13.3 Å². The van der Waals surface area contributed by atoms with Crippen LogP contribution in [0.15, 0.2) is 33.5 Å². The van der Waals surface area contributed by atoms with E-state index in [1.54, 1.807) is 31.2 Å². The molecule has 1 heterocycles. The van der Waals surface area contributed by atoms with Gasteiger partial charge in [0.2, 0.25) is 0 Å². The van der Waals surface area contributed by atoms with E-state index in [1.165, 1.54) is 0 Å². The first-order chi connectivity index (χ1) is 8.13. The van der Waals surface area contributed by atoms with Crippen LogP contribution in [0.4, 0.5) is 0 Å². The summed E-state index contributed by atoms with van der Waals surface area (Å²) in [4.78, 5) is 22.7. The van der Waals surface area contributed by atoms with Gasteiger partial charge in [-0.3, -0.25) is 4.79 Å². The summed E-state index contributed by atoms with van der Waals surface area (Å²) < 4.78 is 10.0. The van der Waals surface area contributed by atoms with Gasteiger partial charge >= 0.3 is 11.6 Å². The van der Waals surface area contributed by atoms with Gasteiger partial charge in [0.15, 0.2) is 10.8 Å². The van der Waals surface area contributed by atoms with Crippen molar-refractivity contribution >= 4 is 28.5 Å². The molecule has 88 valence electrons. The fourth-order valence-corrected chi connectivity index (χ4v) is 1.56. The van der Waals surface area contributed by atoms with Gasteiger partial charge in [0.05, 0.1) is 5.39 Å². The SMILES string of the molecule is CCC(=O)Oc1c(Cl)c(=O)oc2ccccc12. The molecule has 0 atom stereocenters. The van der Waals surface area contributed by atoms with Gasteiger partial charge in [-0.05, 0) is 12.1 Å². The first kappa shape index (κ1) is 11.7. The Hall–Kier alpha value is -1.81. The van der Waals surface area contributed by atoms with E-state index >= 15 is 0 Å². The van der Waals surface area contributed by atoms with Crippen molar-refractivity contribution in [2.75, 3.05) is 0 Å². The zero-order valence-corrected chi connectivity index (χ0v) is 9.78. The number of fused-ring (bicyclic) bond motifs is 1. The molecule has 0 aliphatic carbocycles. The standard InChI is InChI=1S/C12H9ClO4/c1-2-9(14)17-11-7-5-3-4-6-8(7)16-12(15)10(11)13/h3-6H,2H2,1H3. The molecule has 2 aromatic rings. The smallest absolute Gasteiger partial charge is 0.359 e. The highest BCUT2D eigenvalue weighted by Crippen LogP contribution is 2.30. The molecule has 0 radical (unpaired) electrons. The Morgan fingerprint density at radius 2 is 2.12 bits per heavy atom. The summed E-state index contributed by atoms with van der Waals surface area (Å²) in [5.74, 6) is -0.395. The second kappa shape index (κ2) is 4.59. The Morgan fingerprint density at radius 1 is 1.41 bits per heavy atom. The Bertz CT molecular complexity index is 630. The molecule has 1 aromatic carbocycles. The van der Waals surface area contributed by atoms with Crippen LogP contribution in [0.2, 0.25) is 5.02 Å². The van der Waals surface area contributed by atoms with Crippen molar-refractivity contribution < 1.29 is 13.9 Å². The van der Waals surface area contributed by atoms with Gasteiger partial charge in [-0.25, -0.2) is 4.79 Å². The lowest BCUT2D eigenvalue weighted by Gasteiger charge is -2.07. The fourth-order valence-electron chi connectivity index (χ4n) is 1.38. The summed E-state index contributed by atoms with van der Waals surface area (Å²) in [5.41, 5.74) is -0.384. The Morgan fingerprint density at radius 3 is 2.82 bits per heavy atom. The van der Waals surface area contributed by atoms with E-state index in [2.05, 4.69) is 0 Å². The third-order valence-electron chi connectivity index (χ3n) is 2.22. The topological polar surface area (TPSA) is 56.5 Å². The third kappa shape index (κ3) is 2.17. The minimum absolute atomic E-state index is 0.0605. The summed E-state index contributed by atoms with van der Waals surface area (Å²) in [6.07, 6.45) is 0.199. The normalized spacial score (nSPS) is 10.5. The largest absolute Gasteiger partial charge is 0.424 e. The predicted octanol–water partition coefficient (Wildman–Crippen LogP) is 2.76. The van der Waals surface area contributed by atoms with Gasteiger partial charge in [0.1, 0.15) is 5.58 Å². The van der Waals surface area contributed by atoms with Crippen LogP contribution >= 0.6 is 11.6 Å². The van der Waals surface area contributed by atoms with Crippen molar-refractivity contribution in [1.29, 1.82) is 0 Å². The number of halogens is 1. The van der Waals surface area contributed by atoms with Gasteiger partial charge in [0.25, 0.3) is 0 Å². The molecule has 0 N–H and O–H groups in total. The highest BCUT2D eigenvalue weighted by atomic mass is 35.5. The molecule has 0 saturated carbocycles. The van der Waals surface area contributed by atoms with Crippen molar-refractivity contribution in [2.24, 2.45) is 0 Å². The number of carbonyl (C=O) groups excluding carboxylic acids is 1. The maximum absolute atomic E-state index is 11.4. The molecule has 0 unspecified atom stereocenters. The first-order valence-electron chi connectivity index (χ1n) is 5.05. The van der Waals surface area contributed by atoms with E-state index in [0.717, 1.165) is 0 Å². The number of rotatable bonds is 2. The number of hydrogen-bond acceptors (Lipinski definition) is 4. The van der Waals surface area contributed by atoms with Gasteiger partial charge < -0.3 is 9.15 Å². The van der Waals surface area contributed by atoms with Gasteiger partial charge in [-0.1, -0.05) is 30.7 Å². The van der Waals surface area contributed by atoms with E-state index in [-0.39, 0.29) is 17.2 Å². The maximum atomic E-state index is 11.4. The summed E-state index contributed by atoms with van der Waals surface area (Å²) in [6.45, 7) is 1.66. The van der Waals surface area contributed by atoms with Gasteiger partial charge in [-0.2, -0.15) is 0 Å². The molecule has 1 aromatic heterocycles. The average Bonchev–Trinajstić information content (AvgIpc) is 2.34. The summed E-state index contributed by atoms with van der Waals surface area (Å²) in [7, 11) is 0. The van der Waals surface area contributed by atoms with Crippen molar-refractivity contribution in [1.82, 2.24) is 0 Å². The van der Waals surface area contributed by atoms with E-state index in [9.17, 15) is 9.59 Å².